The van der Waals surface area contributed by atoms with E-state index in [4.69, 9.17) is 4.74 Å². The highest BCUT2D eigenvalue weighted by Crippen LogP contribution is 2.61. The molecule has 6 nitrogen and oxygen atoms in total. The van der Waals surface area contributed by atoms with Gasteiger partial charge in [-0.3, -0.25) is 9.20 Å². The summed E-state index contributed by atoms with van der Waals surface area (Å²) < 4.78 is 9.76. The first-order valence-corrected chi connectivity index (χ1v) is 9.34. The summed E-state index contributed by atoms with van der Waals surface area (Å²) in [6.07, 6.45) is 7.85. The van der Waals surface area contributed by atoms with Crippen molar-refractivity contribution in [2.75, 3.05) is 6.61 Å². The molecule has 0 saturated heterocycles. The first kappa shape index (κ1) is 14.6. The van der Waals surface area contributed by atoms with Gasteiger partial charge in [-0.25, -0.2) is 0 Å². The van der Waals surface area contributed by atoms with Gasteiger partial charge >= 0.3 is 0 Å². The average Bonchev–Trinajstić information content (AvgIpc) is 3.51. The lowest BCUT2D eigenvalue weighted by Crippen LogP contribution is -2.32. The molecule has 2 fully saturated rings. The second-order valence-corrected chi connectivity index (χ2v) is 7.62. The quantitative estimate of drug-likeness (QED) is 0.844. The normalized spacial score (nSPS) is 21.9. The van der Waals surface area contributed by atoms with Crippen LogP contribution in [0.2, 0.25) is 0 Å². The number of nitrogens with zero attached hydrogens (tertiary/aromatic N) is 4. The van der Waals surface area contributed by atoms with Crippen LogP contribution in [-0.4, -0.2) is 25.8 Å². The highest BCUT2D eigenvalue weighted by molar-refractivity contribution is 5.43. The van der Waals surface area contributed by atoms with Gasteiger partial charge in [0, 0.05) is 24.1 Å². The van der Waals surface area contributed by atoms with Gasteiger partial charge in [0.2, 0.25) is 5.65 Å². The van der Waals surface area contributed by atoms with Crippen LogP contribution in [0.4, 0.5) is 0 Å². The van der Waals surface area contributed by atoms with E-state index in [0.717, 1.165) is 48.9 Å². The van der Waals surface area contributed by atoms with E-state index in [-0.39, 0.29) is 11.0 Å². The molecule has 5 rings (SSSR count). The molecule has 0 atom stereocenters. The van der Waals surface area contributed by atoms with Gasteiger partial charge in [0.1, 0.15) is 5.82 Å². The predicted octanol–water partition coefficient (Wildman–Crippen LogP) is 2.21. The summed E-state index contributed by atoms with van der Waals surface area (Å²) in [4.78, 5) is 13.1. The van der Waals surface area contributed by atoms with Crippen molar-refractivity contribution in [3.8, 4) is 0 Å². The largest absolute Gasteiger partial charge is 0.375 e. The van der Waals surface area contributed by atoms with Crippen molar-refractivity contribution in [3.05, 3.63) is 27.6 Å². The van der Waals surface area contributed by atoms with Crippen molar-refractivity contribution in [1.82, 2.24) is 19.2 Å². The molecular weight excluding hydrogens is 304 g/mol. The van der Waals surface area contributed by atoms with E-state index in [1.54, 1.807) is 0 Å². The van der Waals surface area contributed by atoms with Crippen LogP contribution in [0.25, 0.3) is 5.65 Å². The fraction of sp³-hybridized carbons (Fsp3) is 0.722. The zero-order valence-electron chi connectivity index (χ0n) is 14.3. The zero-order chi connectivity index (χ0) is 16.3. The third-order valence-electron chi connectivity index (χ3n) is 6.08. The van der Waals surface area contributed by atoms with Crippen molar-refractivity contribution < 1.29 is 4.74 Å². The van der Waals surface area contributed by atoms with Crippen molar-refractivity contribution in [1.29, 1.82) is 0 Å². The molecule has 2 saturated carbocycles. The number of rotatable bonds is 5. The number of fused-ring (bicyclic) bond motifs is 3. The van der Waals surface area contributed by atoms with E-state index in [2.05, 4.69) is 21.5 Å². The lowest BCUT2D eigenvalue weighted by Gasteiger charge is -2.24. The van der Waals surface area contributed by atoms with Gasteiger partial charge in [-0.1, -0.05) is 13.3 Å². The number of unbranched alkanes of at least 4 members (excludes halogenated alkanes) is 1. The third-order valence-corrected chi connectivity index (χ3v) is 6.08. The predicted molar refractivity (Wildman–Crippen MR) is 89.2 cm³/mol. The third kappa shape index (κ3) is 1.95. The summed E-state index contributed by atoms with van der Waals surface area (Å²) in [5.74, 6) is 1.77. The van der Waals surface area contributed by atoms with Gasteiger partial charge in [0.05, 0.1) is 18.9 Å². The maximum Gasteiger partial charge on any atom is 0.296 e. The number of hydrogen-bond acceptors (Lipinski definition) is 4. The smallest absolute Gasteiger partial charge is 0.296 e. The van der Waals surface area contributed by atoms with Gasteiger partial charge in [0.15, 0.2) is 0 Å². The lowest BCUT2D eigenvalue weighted by molar-refractivity contribution is 0.102. The molecule has 6 heteroatoms. The summed E-state index contributed by atoms with van der Waals surface area (Å²) in [6, 6.07) is 0. The van der Waals surface area contributed by atoms with E-state index in [0.29, 0.717) is 18.9 Å². The summed E-state index contributed by atoms with van der Waals surface area (Å²) in [5.41, 5.74) is 2.96. The summed E-state index contributed by atoms with van der Waals surface area (Å²) in [6.45, 7) is 4.17. The highest BCUT2D eigenvalue weighted by atomic mass is 16.5. The Morgan fingerprint density at radius 3 is 2.79 bits per heavy atom. The maximum atomic E-state index is 13.1. The molecule has 2 aliphatic carbocycles. The van der Waals surface area contributed by atoms with Crippen LogP contribution in [0.5, 0.6) is 0 Å². The van der Waals surface area contributed by atoms with Crippen molar-refractivity contribution >= 4 is 5.65 Å². The van der Waals surface area contributed by atoms with Gasteiger partial charge in [-0.15, -0.1) is 10.2 Å². The molecule has 0 spiro atoms. The molecule has 0 N–H and O–H groups in total. The van der Waals surface area contributed by atoms with Crippen LogP contribution in [0.3, 0.4) is 0 Å². The summed E-state index contributed by atoms with van der Waals surface area (Å²) >= 11 is 0. The maximum absolute atomic E-state index is 13.1. The minimum absolute atomic E-state index is 0.0226. The molecule has 2 aromatic rings. The molecule has 0 aromatic carbocycles. The molecule has 0 amide bonds. The molecule has 128 valence electrons. The molecule has 24 heavy (non-hydrogen) atoms. The van der Waals surface area contributed by atoms with E-state index >= 15 is 0 Å². The van der Waals surface area contributed by atoms with Crippen LogP contribution >= 0.6 is 0 Å². The Bertz CT molecular complexity index is 858. The second kappa shape index (κ2) is 5.15. The van der Waals surface area contributed by atoms with Crippen molar-refractivity contribution in [2.45, 2.75) is 70.4 Å². The minimum Gasteiger partial charge on any atom is -0.375 e. The first-order chi connectivity index (χ1) is 11.8. The number of ether oxygens (including phenoxy) is 1. The zero-order valence-corrected chi connectivity index (χ0v) is 14.3. The van der Waals surface area contributed by atoms with E-state index < -0.39 is 0 Å². The molecule has 1 aliphatic heterocycles. The fourth-order valence-corrected chi connectivity index (χ4v) is 4.43. The van der Waals surface area contributed by atoms with Crippen LogP contribution < -0.4 is 5.56 Å². The topological polar surface area (TPSA) is 61.4 Å². The second-order valence-electron chi connectivity index (χ2n) is 7.62. The monoisotopic (exact) mass is 328 g/mol. The Hall–Kier alpha value is -1.69. The Labute approximate surface area is 140 Å². The molecule has 0 unspecified atom stereocenters. The van der Waals surface area contributed by atoms with Gasteiger partial charge in [-0.2, -0.15) is 0 Å². The van der Waals surface area contributed by atoms with E-state index in [9.17, 15) is 4.79 Å². The number of aromatic nitrogens is 4. The van der Waals surface area contributed by atoms with Gasteiger partial charge < -0.3 is 9.30 Å². The molecule has 2 aromatic heterocycles. The average molecular weight is 328 g/mol. The van der Waals surface area contributed by atoms with Gasteiger partial charge in [-0.05, 0) is 38.0 Å². The van der Waals surface area contributed by atoms with Crippen LogP contribution in [-0.2, 0) is 29.7 Å². The Kier molecular flexibility index (Phi) is 3.14. The summed E-state index contributed by atoms with van der Waals surface area (Å²) in [7, 11) is 0. The van der Waals surface area contributed by atoms with Crippen molar-refractivity contribution in [2.24, 2.45) is 5.92 Å². The summed E-state index contributed by atoms with van der Waals surface area (Å²) in [5, 5.41) is 8.86. The van der Waals surface area contributed by atoms with E-state index in [1.807, 2.05) is 4.57 Å². The van der Waals surface area contributed by atoms with E-state index in [1.165, 1.54) is 25.7 Å². The Morgan fingerprint density at radius 2 is 2.08 bits per heavy atom. The van der Waals surface area contributed by atoms with Crippen molar-refractivity contribution in [3.63, 3.8) is 0 Å². The Morgan fingerprint density at radius 1 is 1.25 bits per heavy atom. The lowest BCUT2D eigenvalue weighted by atomic mass is 9.99. The molecular formula is C18H24N4O2. The molecule has 0 bridgehead atoms. The minimum atomic E-state index is 0.0226. The molecule has 0 radical (unpaired) electrons. The molecule has 3 aliphatic rings. The number of hydrogen-bond donors (Lipinski definition) is 0. The van der Waals surface area contributed by atoms with Gasteiger partial charge in [0.25, 0.3) is 5.56 Å². The molecule has 3 heterocycles. The Balaban J connectivity index is 1.75. The first-order valence-electron chi connectivity index (χ1n) is 9.34. The highest BCUT2D eigenvalue weighted by Gasteiger charge is 2.58. The van der Waals surface area contributed by atoms with Crippen LogP contribution in [0, 0.1) is 5.92 Å². The SMILES string of the molecule is CCCCn1c2c(n3c(C4(C5CC5)CC4)nnc3c1=O)COCC2. The fourth-order valence-electron chi connectivity index (χ4n) is 4.43. The van der Waals surface area contributed by atoms with Crippen LogP contribution in [0.15, 0.2) is 4.79 Å². The van der Waals surface area contributed by atoms with Crippen LogP contribution in [0.1, 0.15) is 62.7 Å². The standard InChI is InChI=1S/C18H24N4O2/c1-2-3-9-21-13-6-10-24-11-14(13)22-15(16(21)23)19-20-17(22)18(7-8-18)12-4-5-12/h12H,2-11H2,1H3.